The van der Waals surface area contributed by atoms with Crippen LogP contribution in [0.25, 0.3) is 28.2 Å². The van der Waals surface area contributed by atoms with Crippen LogP contribution in [0.4, 0.5) is 5.69 Å². The number of aromatic nitrogens is 6. The van der Waals surface area contributed by atoms with Gasteiger partial charge < -0.3 is 14.7 Å². The molecule has 0 aliphatic heterocycles. The van der Waals surface area contributed by atoms with Crippen LogP contribution in [-0.2, 0) is 12.3 Å². The van der Waals surface area contributed by atoms with Crippen molar-refractivity contribution < 1.29 is 4.42 Å². The lowest BCUT2D eigenvalue weighted by Crippen LogP contribution is -2.10. The largest absolute Gasteiger partial charge is 0.417 e. The fraction of sp³-hybridized carbons (Fsp3) is 0.0741. The van der Waals surface area contributed by atoms with Crippen molar-refractivity contribution in [1.29, 1.82) is 0 Å². The Balaban J connectivity index is 1.26. The maximum atomic E-state index is 12.3. The highest BCUT2D eigenvalue weighted by Gasteiger charge is 2.16. The second-order valence-corrected chi connectivity index (χ2v) is 9.33. The molecule has 0 bridgehead atoms. The summed E-state index contributed by atoms with van der Waals surface area (Å²) >= 11 is 1.45. The maximum absolute atomic E-state index is 12.3. The SMILES string of the molecule is O=c1cc(CSc2nnc(CNc3ccc4[nH]c(=O)oc4c3)n2-c2ccccc2)nc(-c2ccccc2)[nH]1. The molecule has 3 heterocycles. The van der Waals surface area contributed by atoms with Crippen LogP contribution < -0.4 is 16.6 Å². The van der Waals surface area contributed by atoms with Crippen LogP contribution in [0.15, 0.2) is 104 Å². The number of hydrogen-bond acceptors (Lipinski definition) is 8. The average Bonchev–Trinajstić information content (AvgIpc) is 3.53. The average molecular weight is 524 g/mol. The van der Waals surface area contributed by atoms with Crippen LogP contribution >= 0.6 is 11.8 Å². The molecule has 0 aliphatic rings. The zero-order valence-corrected chi connectivity index (χ0v) is 20.7. The first kappa shape index (κ1) is 23.5. The minimum absolute atomic E-state index is 0.209. The Morgan fingerprint density at radius 3 is 2.50 bits per heavy atom. The number of rotatable bonds is 8. The van der Waals surface area contributed by atoms with E-state index in [0.29, 0.717) is 45.9 Å². The van der Waals surface area contributed by atoms with Crippen molar-refractivity contribution in [2.24, 2.45) is 0 Å². The summed E-state index contributed by atoms with van der Waals surface area (Å²) in [7, 11) is 0. The second-order valence-electron chi connectivity index (χ2n) is 8.39. The lowest BCUT2D eigenvalue weighted by Gasteiger charge is -2.11. The molecule has 0 saturated heterocycles. The van der Waals surface area contributed by atoms with E-state index in [1.807, 2.05) is 71.3 Å². The zero-order chi connectivity index (χ0) is 25.9. The molecule has 3 aromatic carbocycles. The number of para-hydroxylation sites is 1. The summed E-state index contributed by atoms with van der Waals surface area (Å²) < 4.78 is 7.13. The van der Waals surface area contributed by atoms with Crippen LogP contribution in [-0.4, -0.2) is 29.7 Å². The van der Waals surface area contributed by atoms with Crippen molar-refractivity contribution in [3.8, 4) is 17.1 Å². The highest BCUT2D eigenvalue weighted by molar-refractivity contribution is 7.98. The number of benzene rings is 3. The Morgan fingerprint density at radius 2 is 1.68 bits per heavy atom. The standard InChI is InChI=1S/C27H21N7O3S/c35-24-14-19(29-25(31-24)17-7-3-1-4-8-17)16-38-26-33-32-23(34(26)20-9-5-2-6-10-20)15-28-18-11-12-21-22(13-18)37-27(36)30-21/h1-14,28H,15-16H2,(H,30,36)(H,29,31,35). The minimum atomic E-state index is -0.492. The number of thioether (sulfide) groups is 1. The Hall–Kier alpha value is -4.90. The van der Waals surface area contributed by atoms with Crippen molar-refractivity contribution in [2.75, 3.05) is 5.32 Å². The molecule has 0 radical (unpaired) electrons. The molecule has 0 saturated carbocycles. The molecule has 3 aromatic heterocycles. The molecule has 6 rings (SSSR count). The van der Waals surface area contributed by atoms with Gasteiger partial charge in [-0.3, -0.25) is 14.3 Å². The number of hydrogen-bond donors (Lipinski definition) is 3. The number of oxazole rings is 1. The molecule has 0 unspecified atom stereocenters. The summed E-state index contributed by atoms with van der Waals surface area (Å²) in [5, 5.41) is 12.9. The summed E-state index contributed by atoms with van der Waals surface area (Å²) in [6.45, 7) is 0.379. The third-order valence-electron chi connectivity index (χ3n) is 5.78. The maximum Gasteiger partial charge on any atom is 0.417 e. The van der Waals surface area contributed by atoms with Crippen molar-refractivity contribution >= 4 is 28.5 Å². The van der Waals surface area contributed by atoms with Crippen LogP contribution in [0.3, 0.4) is 0 Å². The van der Waals surface area contributed by atoms with Crippen LogP contribution in [0.2, 0.25) is 0 Å². The predicted molar refractivity (Wildman–Crippen MR) is 145 cm³/mol. The smallest absolute Gasteiger partial charge is 0.408 e. The number of H-pyrrole nitrogens is 2. The fourth-order valence-electron chi connectivity index (χ4n) is 4.03. The Labute approximate surface area is 219 Å². The van der Waals surface area contributed by atoms with E-state index in [2.05, 4.69) is 30.5 Å². The first-order chi connectivity index (χ1) is 18.6. The summed E-state index contributed by atoms with van der Waals surface area (Å²) in [6, 6.07) is 26.2. The molecular formula is C27H21N7O3S. The van der Waals surface area contributed by atoms with Gasteiger partial charge in [0.25, 0.3) is 5.56 Å². The molecule has 0 spiro atoms. The third-order valence-corrected chi connectivity index (χ3v) is 6.74. The topological polar surface area (TPSA) is 134 Å². The molecule has 0 amide bonds. The van der Waals surface area contributed by atoms with E-state index in [4.69, 9.17) is 4.42 Å². The van der Waals surface area contributed by atoms with E-state index in [-0.39, 0.29) is 5.56 Å². The highest BCUT2D eigenvalue weighted by atomic mass is 32.2. The van der Waals surface area contributed by atoms with Gasteiger partial charge in [0.1, 0.15) is 5.82 Å². The number of nitrogens with one attached hydrogen (secondary N) is 3. The fourth-order valence-corrected chi connectivity index (χ4v) is 4.90. The molecule has 0 aliphatic carbocycles. The molecule has 6 aromatic rings. The number of anilines is 1. The quantitative estimate of drug-likeness (QED) is 0.251. The summed E-state index contributed by atoms with van der Waals surface area (Å²) in [5.74, 6) is 1.16. The van der Waals surface area contributed by atoms with E-state index in [1.165, 1.54) is 17.8 Å². The third kappa shape index (κ3) is 5.00. The van der Waals surface area contributed by atoms with E-state index >= 15 is 0 Å². The van der Waals surface area contributed by atoms with E-state index < -0.39 is 5.76 Å². The lowest BCUT2D eigenvalue weighted by atomic mass is 10.2. The lowest BCUT2D eigenvalue weighted by molar-refractivity contribution is 0.555. The van der Waals surface area contributed by atoms with Gasteiger partial charge in [0, 0.05) is 34.8 Å². The normalized spacial score (nSPS) is 11.2. The van der Waals surface area contributed by atoms with Crippen molar-refractivity contribution in [3.63, 3.8) is 0 Å². The Morgan fingerprint density at radius 1 is 0.895 bits per heavy atom. The van der Waals surface area contributed by atoms with E-state index in [1.54, 1.807) is 12.1 Å². The van der Waals surface area contributed by atoms with Gasteiger partial charge in [-0.25, -0.2) is 9.78 Å². The van der Waals surface area contributed by atoms with Crippen molar-refractivity contribution in [3.05, 3.63) is 117 Å². The van der Waals surface area contributed by atoms with Gasteiger partial charge >= 0.3 is 5.76 Å². The summed E-state index contributed by atoms with van der Waals surface area (Å²) in [5.41, 5.74) is 4.07. The molecule has 3 N–H and O–H groups in total. The Bertz CT molecular complexity index is 1820. The summed E-state index contributed by atoms with van der Waals surface area (Å²) in [6.07, 6.45) is 0. The van der Waals surface area contributed by atoms with Gasteiger partial charge in [0.2, 0.25) is 0 Å². The summed E-state index contributed by atoms with van der Waals surface area (Å²) in [4.78, 5) is 33.9. The monoisotopic (exact) mass is 523 g/mol. The number of nitrogens with zero attached hydrogens (tertiary/aromatic N) is 4. The zero-order valence-electron chi connectivity index (χ0n) is 19.9. The van der Waals surface area contributed by atoms with Gasteiger partial charge in [-0.15, -0.1) is 10.2 Å². The van der Waals surface area contributed by atoms with Crippen LogP contribution in [0.5, 0.6) is 0 Å². The first-order valence-electron chi connectivity index (χ1n) is 11.8. The van der Waals surface area contributed by atoms with E-state index in [9.17, 15) is 9.59 Å². The molecular weight excluding hydrogens is 502 g/mol. The van der Waals surface area contributed by atoms with Crippen molar-refractivity contribution in [1.82, 2.24) is 29.7 Å². The molecule has 0 atom stereocenters. The molecule has 11 heteroatoms. The van der Waals surface area contributed by atoms with Crippen molar-refractivity contribution in [2.45, 2.75) is 17.5 Å². The Kier molecular flexibility index (Phi) is 6.32. The second kappa shape index (κ2) is 10.2. The molecule has 38 heavy (non-hydrogen) atoms. The first-order valence-corrected chi connectivity index (χ1v) is 12.8. The van der Waals surface area contributed by atoms with Gasteiger partial charge in [-0.2, -0.15) is 0 Å². The van der Waals surface area contributed by atoms with Gasteiger partial charge in [-0.1, -0.05) is 60.3 Å². The van der Waals surface area contributed by atoms with E-state index in [0.717, 1.165) is 16.9 Å². The highest BCUT2D eigenvalue weighted by Crippen LogP contribution is 2.26. The van der Waals surface area contributed by atoms with Gasteiger partial charge in [0.05, 0.1) is 17.8 Å². The number of aromatic amines is 2. The molecule has 10 nitrogen and oxygen atoms in total. The van der Waals surface area contributed by atoms with Gasteiger partial charge in [0.15, 0.2) is 16.6 Å². The minimum Gasteiger partial charge on any atom is -0.408 e. The predicted octanol–water partition coefficient (Wildman–Crippen LogP) is 4.36. The van der Waals surface area contributed by atoms with Crippen LogP contribution in [0, 0.1) is 0 Å². The van der Waals surface area contributed by atoms with Gasteiger partial charge in [-0.05, 0) is 24.3 Å². The molecule has 188 valence electrons. The van der Waals surface area contributed by atoms with Crippen LogP contribution in [0.1, 0.15) is 11.5 Å². The number of fused-ring (bicyclic) bond motifs is 1. The molecule has 0 fully saturated rings.